The van der Waals surface area contributed by atoms with Crippen LogP contribution in [0.5, 0.6) is 0 Å². The second-order valence-electron chi connectivity index (χ2n) is 6.75. The maximum absolute atomic E-state index is 5.82. The lowest BCUT2D eigenvalue weighted by molar-refractivity contribution is 1.07. The van der Waals surface area contributed by atoms with Crippen molar-refractivity contribution < 1.29 is 0 Å². The molecule has 30 heavy (non-hydrogen) atoms. The minimum atomic E-state index is 0.550. The molecule has 0 spiro atoms. The number of nitrogens with two attached hydrogens (primary N) is 1. The normalized spacial score (nSPS) is 9.97. The average molecular weight is 392 g/mol. The number of hydrogen-bond donors (Lipinski definition) is 1. The van der Waals surface area contributed by atoms with Crippen LogP contribution in [-0.4, -0.2) is 0 Å². The molecule has 0 aliphatic heterocycles. The lowest BCUT2D eigenvalue weighted by atomic mass is 9.85. The molecule has 0 saturated carbocycles. The van der Waals surface area contributed by atoms with Crippen molar-refractivity contribution in [3.63, 3.8) is 0 Å². The second kappa shape index (κ2) is 10.9. The van der Waals surface area contributed by atoms with E-state index in [2.05, 4.69) is 115 Å². The van der Waals surface area contributed by atoms with E-state index < -0.39 is 0 Å². The molecule has 2 N–H and O–H groups in total. The van der Waals surface area contributed by atoms with E-state index in [1.807, 2.05) is 13.8 Å². The van der Waals surface area contributed by atoms with Crippen LogP contribution in [0.3, 0.4) is 0 Å². The van der Waals surface area contributed by atoms with Gasteiger partial charge in [-0.3, -0.25) is 0 Å². The van der Waals surface area contributed by atoms with Crippen LogP contribution >= 0.6 is 0 Å². The van der Waals surface area contributed by atoms with Crippen LogP contribution in [0.25, 0.3) is 11.1 Å². The summed E-state index contributed by atoms with van der Waals surface area (Å²) < 4.78 is 0. The molecule has 1 heteroatoms. The Kier molecular flexibility index (Phi) is 7.77. The summed E-state index contributed by atoms with van der Waals surface area (Å²) in [5.74, 6) is 0. The Balaban J connectivity index is 0.00000124. The van der Waals surface area contributed by atoms with Gasteiger partial charge in [0, 0.05) is 6.54 Å². The van der Waals surface area contributed by atoms with Crippen LogP contribution in [-0.2, 0) is 6.54 Å². The number of benzene rings is 4. The molecular formula is C29H29N. The highest BCUT2D eigenvalue weighted by atomic mass is 14.5. The molecule has 0 aliphatic carbocycles. The van der Waals surface area contributed by atoms with Gasteiger partial charge in [0.05, 0.1) is 0 Å². The summed E-state index contributed by atoms with van der Waals surface area (Å²) in [4.78, 5) is 0. The molecule has 0 unspecified atom stereocenters. The molecule has 0 atom stereocenters. The third-order valence-corrected chi connectivity index (χ3v) is 4.92. The smallest absolute Gasteiger partial charge is 0.0178 e. The highest BCUT2D eigenvalue weighted by molar-refractivity contribution is 6.04. The molecule has 0 amide bonds. The van der Waals surface area contributed by atoms with Gasteiger partial charge in [-0.25, -0.2) is 0 Å². The minimum absolute atomic E-state index is 0.550. The lowest BCUT2D eigenvalue weighted by Crippen LogP contribution is -1.99. The molecule has 0 fully saturated rings. The van der Waals surface area contributed by atoms with E-state index in [1.54, 1.807) is 0 Å². The molecule has 0 bridgehead atoms. The Labute approximate surface area is 180 Å². The summed E-state index contributed by atoms with van der Waals surface area (Å²) in [6, 6.07) is 40.4. The van der Waals surface area contributed by atoms with Gasteiger partial charge < -0.3 is 5.73 Å². The van der Waals surface area contributed by atoms with Crippen molar-refractivity contribution in [1.82, 2.24) is 0 Å². The van der Waals surface area contributed by atoms with Gasteiger partial charge in [0.25, 0.3) is 0 Å². The summed E-state index contributed by atoms with van der Waals surface area (Å²) in [6.07, 6.45) is 0. The zero-order valence-electron chi connectivity index (χ0n) is 17.8. The van der Waals surface area contributed by atoms with Crippen LogP contribution < -0.4 is 5.73 Å². The maximum atomic E-state index is 5.82. The van der Waals surface area contributed by atoms with Crippen molar-refractivity contribution in [1.29, 1.82) is 0 Å². The number of hydrogen-bond acceptors (Lipinski definition) is 1. The van der Waals surface area contributed by atoms with Crippen molar-refractivity contribution in [3.05, 3.63) is 143 Å². The van der Waals surface area contributed by atoms with Gasteiger partial charge in [0.15, 0.2) is 0 Å². The van der Waals surface area contributed by atoms with Gasteiger partial charge in [-0.15, -0.1) is 0 Å². The molecule has 0 aliphatic rings. The van der Waals surface area contributed by atoms with E-state index in [1.165, 1.54) is 33.4 Å². The van der Waals surface area contributed by atoms with Crippen LogP contribution in [0.1, 0.15) is 41.7 Å². The van der Waals surface area contributed by atoms with E-state index in [9.17, 15) is 0 Å². The van der Waals surface area contributed by atoms with Gasteiger partial charge >= 0.3 is 0 Å². The molecule has 4 rings (SSSR count). The van der Waals surface area contributed by atoms with Crippen molar-refractivity contribution in [3.8, 4) is 0 Å². The summed E-state index contributed by atoms with van der Waals surface area (Å²) in [7, 11) is 0. The monoisotopic (exact) mass is 391 g/mol. The average Bonchev–Trinajstić information content (AvgIpc) is 2.85. The van der Waals surface area contributed by atoms with Crippen LogP contribution in [0.15, 0.2) is 115 Å². The van der Waals surface area contributed by atoms with Crippen LogP contribution in [0.4, 0.5) is 0 Å². The highest BCUT2D eigenvalue weighted by Gasteiger charge is 2.15. The van der Waals surface area contributed by atoms with Gasteiger partial charge in [0.1, 0.15) is 0 Å². The largest absolute Gasteiger partial charge is 0.326 e. The summed E-state index contributed by atoms with van der Waals surface area (Å²) >= 11 is 0. The van der Waals surface area contributed by atoms with Crippen molar-refractivity contribution in [2.24, 2.45) is 5.73 Å². The molecular weight excluding hydrogens is 362 g/mol. The van der Waals surface area contributed by atoms with E-state index in [-0.39, 0.29) is 0 Å². The fourth-order valence-corrected chi connectivity index (χ4v) is 3.53. The summed E-state index contributed by atoms with van der Waals surface area (Å²) in [5.41, 5.74) is 14.2. The first-order valence-electron chi connectivity index (χ1n) is 10.6. The molecule has 150 valence electrons. The first-order valence-corrected chi connectivity index (χ1v) is 10.6. The predicted molar refractivity (Wildman–Crippen MR) is 130 cm³/mol. The topological polar surface area (TPSA) is 26.0 Å². The van der Waals surface area contributed by atoms with E-state index in [4.69, 9.17) is 5.73 Å². The molecule has 1 nitrogen and oxygen atoms in total. The van der Waals surface area contributed by atoms with Crippen molar-refractivity contribution in [2.45, 2.75) is 20.4 Å². The lowest BCUT2D eigenvalue weighted by Gasteiger charge is -2.18. The Morgan fingerprint density at radius 2 is 0.767 bits per heavy atom. The quantitative estimate of drug-likeness (QED) is 0.358. The van der Waals surface area contributed by atoms with Gasteiger partial charge in [-0.2, -0.15) is 0 Å². The van der Waals surface area contributed by atoms with Crippen molar-refractivity contribution in [2.75, 3.05) is 0 Å². The van der Waals surface area contributed by atoms with Gasteiger partial charge in [-0.05, 0) is 39.0 Å². The first kappa shape index (κ1) is 21.3. The zero-order valence-corrected chi connectivity index (χ0v) is 17.8. The Hall–Kier alpha value is -3.42. The Morgan fingerprint density at radius 1 is 0.467 bits per heavy atom. The van der Waals surface area contributed by atoms with Gasteiger partial charge in [-0.1, -0.05) is 129 Å². The fraction of sp³-hybridized carbons (Fsp3) is 0.103. The Morgan fingerprint density at radius 3 is 1.07 bits per heavy atom. The minimum Gasteiger partial charge on any atom is -0.326 e. The van der Waals surface area contributed by atoms with Crippen LogP contribution in [0, 0.1) is 0 Å². The zero-order chi connectivity index (χ0) is 21.2. The second-order valence-corrected chi connectivity index (χ2v) is 6.75. The van der Waals surface area contributed by atoms with E-state index >= 15 is 0 Å². The standard InChI is InChI=1S/C27H23N.C2H6/c28-20-21-16-18-25(19-17-21)27(24-14-8-3-9-15-24)26(22-10-4-1-5-11-22)23-12-6-2-7-13-23;1-2/h1-19H,20,28H2;1-2H3. The number of rotatable bonds is 5. The summed E-state index contributed by atoms with van der Waals surface area (Å²) in [6.45, 7) is 4.55. The SMILES string of the molecule is CC.NCc1ccc(C(=C(c2ccccc2)c2ccccc2)c2ccccc2)cc1. The highest BCUT2D eigenvalue weighted by Crippen LogP contribution is 2.36. The Bertz CT molecular complexity index is 1010. The third kappa shape index (κ3) is 4.94. The van der Waals surface area contributed by atoms with E-state index in [0.29, 0.717) is 6.54 Å². The molecule has 0 saturated heterocycles. The van der Waals surface area contributed by atoms with Crippen LogP contribution in [0.2, 0.25) is 0 Å². The van der Waals surface area contributed by atoms with Gasteiger partial charge in [0.2, 0.25) is 0 Å². The maximum Gasteiger partial charge on any atom is 0.0178 e. The molecule has 0 radical (unpaired) electrons. The fourth-order valence-electron chi connectivity index (χ4n) is 3.53. The third-order valence-electron chi connectivity index (χ3n) is 4.92. The predicted octanol–water partition coefficient (Wildman–Crippen LogP) is 7.18. The molecule has 4 aromatic rings. The molecule has 0 heterocycles. The van der Waals surface area contributed by atoms with Crippen molar-refractivity contribution >= 4 is 11.1 Å². The first-order chi connectivity index (χ1) is 14.9. The molecule has 0 aromatic heterocycles. The summed E-state index contributed by atoms with van der Waals surface area (Å²) in [5, 5.41) is 0. The van der Waals surface area contributed by atoms with E-state index in [0.717, 1.165) is 5.56 Å². The molecule has 4 aromatic carbocycles.